The topological polar surface area (TPSA) is 115 Å². The van der Waals surface area contributed by atoms with Gasteiger partial charge < -0.3 is 24.4 Å². The first-order valence-electron chi connectivity index (χ1n) is 12.0. The van der Waals surface area contributed by atoms with E-state index in [1.165, 1.54) is 6.33 Å². The van der Waals surface area contributed by atoms with E-state index in [1.807, 2.05) is 35.2 Å². The second-order valence-electron chi connectivity index (χ2n) is 9.00. The van der Waals surface area contributed by atoms with Gasteiger partial charge in [0.05, 0.1) is 11.5 Å². The first kappa shape index (κ1) is 22.4. The molecule has 0 atom stereocenters. The molecule has 0 amide bonds. The minimum absolute atomic E-state index is 0.0915. The van der Waals surface area contributed by atoms with E-state index in [0.717, 1.165) is 60.0 Å². The molecule has 0 saturated carbocycles. The van der Waals surface area contributed by atoms with Gasteiger partial charge in [0.25, 0.3) is 0 Å². The zero-order chi connectivity index (χ0) is 24.5. The van der Waals surface area contributed by atoms with Crippen LogP contribution in [0, 0.1) is 10.1 Å². The maximum atomic E-state index is 12.1. The Morgan fingerprint density at radius 1 is 0.944 bits per heavy atom. The molecule has 11 heteroatoms. The number of nitrogens with one attached hydrogen (secondary N) is 1. The fourth-order valence-electron chi connectivity index (χ4n) is 4.85. The number of hydrogen-bond donors (Lipinski definition) is 1. The van der Waals surface area contributed by atoms with Gasteiger partial charge in [-0.3, -0.25) is 15.0 Å². The lowest BCUT2D eigenvalue weighted by molar-refractivity contribution is -0.383. The van der Waals surface area contributed by atoms with Crippen LogP contribution in [0.1, 0.15) is 16.7 Å². The number of fused-ring (bicyclic) bond motifs is 2. The summed E-state index contributed by atoms with van der Waals surface area (Å²) in [4.78, 5) is 24.4. The molecule has 0 aliphatic carbocycles. The number of rotatable bonds is 7. The van der Waals surface area contributed by atoms with E-state index in [-0.39, 0.29) is 18.3 Å². The van der Waals surface area contributed by atoms with Crippen molar-refractivity contribution in [1.82, 2.24) is 14.9 Å². The normalized spacial score (nSPS) is 16.5. The summed E-state index contributed by atoms with van der Waals surface area (Å²) in [5, 5.41) is 15.2. The number of piperazine rings is 1. The van der Waals surface area contributed by atoms with E-state index in [0.29, 0.717) is 32.1 Å². The third-order valence-electron chi connectivity index (χ3n) is 6.71. The fraction of sp³-hybridized carbons (Fsp3) is 0.360. The van der Waals surface area contributed by atoms with Gasteiger partial charge in [-0.15, -0.1) is 0 Å². The lowest BCUT2D eigenvalue weighted by Gasteiger charge is -2.35. The zero-order valence-electron chi connectivity index (χ0n) is 19.7. The van der Waals surface area contributed by atoms with Crippen LogP contribution in [0.25, 0.3) is 0 Å². The van der Waals surface area contributed by atoms with Crippen LogP contribution in [0.2, 0.25) is 0 Å². The average molecular weight is 491 g/mol. The number of benzene rings is 2. The van der Waals surface area contributed by atoms with Gasteiger partial charge in [0, 0.05) is 45.7 Å². The van der Waals surface area contributed by atoms with Crippen molar-refractivity contribution in [2.75, 3.05) is 49.8 Å². The fourth-order valence-corrected chi connectivity index (χ4v) is 4.85. The van der Waals surface area contributed by atoms with Gasteiger partial charge in [0.1, 0.15) is 12.1 Å². The highest BCUT2D eigenvalue weighted by Gasteiger charge is 2.29. The van der Waals surface area contributed by atoms with Crippen LogP contribution < -0.4 is 24.4 Å². The molecular formula is C25H26N6O5. The molecule has 1 fully saturated rings. The zero-order valence-corrected chi connectivity index (χ0v) is 19.7. The molecule has 3 aliphatic heterocycles. The molecule has 2 aromatic carbocycles. The van der Waals surface area contributed by atoms with E-state index >= 15 is 0 Å². The quantitative estimate of drug-likeness (QED) is 0.391. The molecule has 186 valence electrons. The van der Waals surface area contributed by atoms with Crippen molar-refractivity contribution in [3.8, 4) is 17.2 Å². The molecule has 1 N–H and O–H groups in total. The smallest absolute Gasteiger partial charge is 0.353 e. The maximum absolute atomic E-state index is 12.1. The summed E-state index contributed by atoms with van der Waals surface area (Å²) in [5.74, 6) is 3.03. The highest BCUT2D eigenvalue weighted by Crippen LogP contribution is 2.35. The predicted molar refractivity (Wildman–Crippen MR) is 132 cm³/mol. The van der Waals surface area contributed by atoms with Crippen LogP contribution in [0.3, 0.4) is 0 Å². The summed E-state index contributed by atoms with van der Waals surface area (Å²) in [6.45, 7) is 4.93. The monoisotopic (exact) mass is 490 g/mol. The number of ether oxygens (including phenoxy) is 3. The summed E-state index contributed by atoms with van der Waals surface area (Å²) in [7, 11) is 0. The highest BCUT2D eigenvalue weighted by molar-refractivity contribution is 5.70. The molecule has 1 saturated heterocycles. The van der Waals surface area contributed by atoms with Gasteiger partial charge in [-0.1, -0.05) is 18.2 Å². The minimum Gasteiger partial charge on any atom is -0.493 e. The molecular weight excluding hydrogens is 464 g/mol. The van der Waals surface area contributed by atoms with Gasteiger partial charge in [0.15, 0.2) is 11.5 Å². The molecule has 1 aromatic heterocycles. The van der Waals surface area contributed by atoms with Crippen LogP contribution >= 0.6 is 0 Å². The molecule has 0 unspecified atom stereocenters. The third kappa shape index (κ3) is 4.44. The van der Waals surface area contributed by atoms with E-state index < -0.39 is 4.92 Å². The van der Waals surface area contributed by atoms with E-state index in [2.05, 4.69) is 26.3 Å². The first-order valence-corrected chi connectivity index (χ1v) is 12.0. The Morgan fingerprint density at radius 2 is 1.75 bits per heavy atom. The SMILES string of the molecule is O=[N+]([O-])c1c(NCc2ccc3c(c2)CCO3)ncnc1N1CCN(Cc2ccc3c(c2)OCO3)CC1. The summed E-state index contributed by atoms with van der Waals surface area (Å²) in [6, 6.07) is 12.0. The second-order valence-corrected chi connectivity index (χ2v) is 9.00. The molecule has 36 heavy (non-hydrogen) atoms. The number of hydrogen-bond acceptors (Lipinski definition) is 10. The Balaban J connectivity index is 1.12. The van der Waals surface area contributed by atoms with Gasteiger partial charge >= 0.3 is 5.69 Å². The van der Waals surface area contributed by atoms with Crippen molar-refractivity contribution >= 4 is 17.3 Å². The second kappa shape index (κ2) is 9.50. The van der Waals surface area contributed by atoms with Crippen molar-refractivity contribution in [3.05, 3.63) is 69.5 Å². The van der Waals surface area contributed by atoms with Crippen LogP contribution in [-0.2, 0) is 19.5 Å². The summed E-state index contributed by atoms with van der Waals surface area (Å²) < 4.78 is 16.4. The van der Waals surface area contributed by atoms with Gasteiger partial charge in [-0.05, 0) is 34.9 Å². The summed E-state index contributed by atoms with van der Waals surface area (Å²) >= 11 is 0. The number of nitrogens with zero attached hydrogens (tertiary/aromatic N) is 5. The summed E-state index contributed by atoms with van der Waals surface area (Å²) in [5.41, 5.74) is 3.23. The van der Waals surface area contributed by atoms with Crippen molar-refractivity contribution < 1.29 is 19.1 Å². The lowest BCUT2D eigenvalue weighted by atomic mass is 10.1. The largest absolute Gasteiger partial charge is 0.493 e. The molecule has 0 bridgehead atoms. The first-order chi connectivity index (χ1) is 17.6. The van der Waals surface area contributed by atoms with Crippen LogP contribution in [0.5, 0.6) is 17.2 Å². The molecule has 0 radical (unpaired) electrons. The number of anilines is 2. The lowest BCUT2D eigenvalue weighted by Crippen LogP contribution is -2.46. The van der Waals surface area contributed by atoms with Gasteiger partial charge in [0.2, 0.25) is 18.4 Å². The molecule has 6 rings (SSSR count). The third-order valence-corrected chi connectivity index (χ3v) is 6.71. The molecule has 4 heterocycles. The van der Waals surface area contributed by atoms with Crippen LogP contribution in [0.4, 0.5) is 17.3 Å². The minimum atomic E-state index is -0.396. The molecule has 3 aliphatic rings. The van der Waals surface area contributed by atoms with Crippen LogP contribution in [-0.4, -0.2) is 59.4 Å². The van der Waals surface area contributed by atoms with Crippen LogP contribution in [0.15, 0.2) is 42.7 Å². The molecule has 3 aromatic rings. The Morgan fingerprint density at radius 3 is 2.61 bits per heavy atom. The highest BCUT2D eigenvalue weighted by atomic mass is 16.7. The standard InChI is InChI=1S/C25H26N6O5/c32-31(33)23-24(26-13-17-1-3-20-19(11-17)5-10-34-20)27-15-28-25(23)30-8-6-29(7-9-30)14-18-2-4-21-22(12-18)36-16-35-21/h1-4,11-12,15H,5-10,13-14,16H2,(H,26,27,28). The Bertz CT molecular complexity index is 1290. The van der Waals surface area contributed by atoms with E-state index in [1.54, 1.807) is 0 Å². The number of nitro groups is 1. The van der Waals surface area contributed by atoms with Crippen molar-refractivity contribution in [2.45, 2.75) is 19.5 Å². The van der Waals surface area contributed by atoms with Gasteiger partial charge in [-0.25, -0.2) is 9.97 Å². The van der Waals surface area contributed by atoms with Crippen molar-refractivity contribution in [3.63, 3.8) is 0 Å². The Hall–Kier alpha value is -4.12. The van der Waals surface area contributed by atoms with Gasteiger partial charge in [-0.2, -0.15) is 0 Å². The van der Waals surface area contributed by atoms with E-state index in [4.69, 9.17) is 14.2 Å². The molecule has 11 nitrogen and oxygen atoms in total. The maximum Gasteiger partial charge on any atom is 0.353 e. The predicted octanol–water partition coefficient (Wildman–Crippen LogP) is 2.98. The van der Waals surface area contributed by atoms with E-state index in [9.17, 15) is 10.1 Å². The Labute approximate surface area is 207 Å². The summed E-state index contributed by atoms with van der Waals surface area (Å²) in [6.07, 6.45) is 2.27. The number of aromatic nitrogens is 2. The Kier molecular flexibility index (Phi) is 5.90. The van der Waals surface area contributed by atoms with Crippen molar-refractivity contribution in [2.24, 2.45) is 0 Å². The molecule has 0 spiro atoms. The van der Waals surface area contributed by atoms with Crippen molar-refractivity contribution in [1.29, 1.82) is 0 Å². The average Bonchev–Trinajstić information content (AvgIpc) is 3.56.